The van der Waals surface area contributed by atoms with Gasteiger partial charge in [-0.15, -0.1) is 22.7 Å². The third kappa shape index (κ3) is 3.03. The van der Waals surface area contributed by atoms with E-state index in [0.29, 0.717) is 22.6 Å². The highest BCUT2D eigenvalue weighted by atomic mass is 32.2. The molecule has 9 heteroatoms. The minimum absolute atomic E-state index is 0.0479. The topological polar surface area (TPSA) is 73.8 Å². The lowest BCUT2D eigenvalue weighted by molar-refractivity contribution is 0.391. The molecular formula is C18H16N4O2S3. The standard InChI is InChI=1S/C18H16N4O2S3/c1-22-17(23)14-10-5-2-3-6-11(10)27-16(14)20-18(22)26-9-13-19-15(21-24-13)12-7-4-8-25-12/h4,7-8H,2-3,5-6,9H2,1H3. The third-order valence-corrected chi connectivity index (χ3v) is 7.76. The number of hydrogen-bond donors (Lipinski definition) is 0. The van der Waals surface area contributed by atoms with Crippen molar-refractivity contribution in [2.24, 2.45) is 7.05 Å². The fourth-order valence-electron chi connectivity index (χ4n) is 3.34. The van der Waals surface area contributed by atoms with E-state index in [0.717, 1.165) is 34.4 Å². The van der Waals surface area contributed by atoms with Crippen LogP contribution in [-0.4, -0.2) is 19.7 Å². The average Bonchev–Trinajstić information content (AvgIpc) is 3.42. The molecule has 0 aromatic carbocycles. The first-order chi connectivity index (χ1) is 13.2. The van der Waals surface area contributed by atoms with Crippen LogP contribution in [0.15, 0.2) is 32.0 Å². The normalized spacial score (nSPS) is 14.0. The highest BCUT2D eigenvalue weighted by Gasteiger charge is 2.21. The van der Waals surface area contributed by atoms with E-state index < -0.39 is 0 Å². The lowest BCUT2D eigenvalue weighted by atomic mass is 9.97. The summed E-state index contributed by atoms with van der Waals surface area (Å²) >= 11 is 4.70. The summed E-state index contributed by atoms with van der Waals surface area (Å²) in [5.74, 6) is 1.61. The summed E-state index contributed by atoms with van der Waals surface area (Å²) in [7, 11) is 1.79. The molecule has 0 fully saturated rings. The summed E-state index contributed by atoms with van der Waals surface area (Å²) < 4.78 is 6.99. The van der Waals surface area contributed by atoms with Crippen LogP contribution in [0.2, 0.25) is 0 Å². The van der Waals surface area contributed by atoms with E-state index in [9.17, 15) is 4.79 Å². The molecular weight excluding hydrogens is 400 g/mol. The molecule has 0 bridgehead atoms. The second kappa shape index (κ2) is 6.88. The molecule has 138 valence electrons. The summed E-state index contributed by atoms with van der Waals surface area (Å²) in [6.07, 6.45) is 4.41. The molecule has 4 aromatic rings. The van der Waals surface area contributed by atoms with Crippen molar-refractivity contribution in [2.75, 3.05) is 0 Å². The van der Waals surface area contributed by atoms with Crippen molar-refractivity contribution >= 4 is 44.7 Å². The quantitative estimate of drug-likeness (QED) is 0.365. The van der Waals surface area contributed by atoms with Crippen LogP contribution in [0.4, 0.5) is 0 Å². The van der Waals surface area contributed by atoms with Crippen molar-refractivity contribution in [3.8, 4) is 10.7 Å². The Morgan fingerprint density at radius 2 is 2.19 bits per heavy atom. The highest BCUT2D eigenvalue weighted by molar-refractivity contribution is 7.98. The van der Waals surface area contributed by atoms with Gasteiger partial charge < -0.3 is 4.52 Å². The van der Waals surface area contributed by atoms with Gasteiger partial charge in [-0.3, -0.25) is 9.36 Å². The van der Waals surface area contributed by atoms with Crippen LogP contribution in [0.1, 0.15) is 29.2 Å². The number of thiophene rings is 2. The molecule has 0 saturated carbocycles. The van der Waals surface area contributed by atoms with Gasteiger partial charge in [-0.05, 0) is 42.7 Å². The van der Waals surface area contributed by atoms with E-state index in [1.54, 1.807) is 34.3 Å². The fourth-order valence-corrected chi connectivity index (χ4v) is 6.10. The highest BCUT2D eigenvalue weighted by Crippen LogP contribution is 2.35. The molecule has 0 N–H and O–H groups in total. The van der Waals surface area contributed by atoms with E-state index in [1.807, 2.05) is 17.5 Å². The fraction of sp³-hybridized carbons (Fsp3) is 0.333. The number of aryl methyl sites for hydroxylation is 2. The third-order valence-electron chi connectivity index (χ3n) is 4.69. The number of hydrogen-bond acceptors (Lipinski definition) is 8. The molecule has 1 aliphatic carbocycles. The molecule has 0 spiro atoms. The van der Waals surface area contributed by atoms with Gasteiger partial charge in [-0.2, -0.15) is 4.98 Å². The molecule has 0 aliphatic heterocycles. The van der Waals surface area contributed by atoms with Crippen molar-refractivity contribution in [3.63, 3.8) is 0 Å². The van der Waals surface area contributed by atoms with Gasteiger partial charge in [0.15, 0.2) is 5.16 Å². The van der Waals surface area contributed by atoms with Crippen molar-refractivity contribution < 1.29 is 4.52 Å². The van der Waals surface area contributed by atoms with Gasteiger partial charge in [0.05, 0.1) is 16.0 Å². The lowest BCUT2D eigenvalue weighted by Gasteiger charge is -2.10. The predicted octanol–water partition coefficient (Wildman–Crippen LogP) is 4.28. The van der Waals surface area contributed by atoms with Crippen LogP contribution >= 0.6 is 34.4 Å². The number of rotatable bonds is 4. The SMILES string of the molecule is Cn1c(SCc2nc(-c3cccs3)no2)nc2sc3c(c2c1=O)CCCC3. The zero-order valence-electron chi connectivity index (χ0n) is 14.6. The largest absolute Gasteiger partial charge is 0.338 e. The molecule has 5 rings (SSSR count). The smallest absolute Gasteiger partial charge is 0.262 e. The second-order valence-corrected chi connectivity index (χ2v) is 9.40. The van der Waals surface area contributed by atoms with Crippen molar-refractivity contribution in [2.45, 2.75) is 36.6 Å². The van der Waals surface area contributed by atoms with Crippen LogP contribution in [0.5, 0.6) is 0 Å². The van der Waals surface area contributed by atoms with Gasteiger partial charge in [-0.1, -0.05) is 23.0 Å². The summed E-state index contributed by atoms with van der Waals surface area (Å²) in [4.78, 5) is 25.3. The maximum Gasteiger partial charge on any atom is 0.262 e. The van der Waals surface area contributed by atoms with E-state index in [4.69, 9.17) is 9.51 Å². The zero-order valence-corrected chi connectivity index (χ0v) is 17.0. The molecule has 27 heavy (non-hydrogen) atoms. The Balaban J connectivity index is 1.44. The second-order valence-electron chi connectivity index (χ2n) is 6.43. The summed E-state index contributed by atoms with van der Waals surface area (Å²) in [5, 5.41) is 7.51. The number of nitrogens with zero attached hydrogens (tertiary/aromatic N) is 4. The Morgan fingerprint density at radius 3 is 3.04 bits per heavy atom. The minimum atomic E-state index is 0.0479. The maximum absolute atomic E-state index is 12.9. The number of thioether (sulfide) groups is 1. The number of aromatic nitrogens is 4. The van der Waals surface area contributed by atoms with Crippen molar-refractivity contribution in [1.29, 1.82) is 0 Å². The predicted molar refractivity (Wildman–Crippen MR) is 109 cm³/mol. The van der Waals surface area contributed by atoms with Crippen LogP contribution in [-0.2, 0) is 25.6 Å². The van der Waals surface area contributed by atoms with Gasteiger partial charge in [-0.25, -0.2) is 4.98 Å². The van der Waals surface area contributed by atoms with E-state index >= 15 is 0 Å². The van der Waals surface area contributed by atoms with Crippen LogP contribution in [0.25, 0.3) is 20.9 Å². The molecule has 0 radical (unpaired) electrons. The monoisotopic (exact) mass is 416 g/mol. The summed E-state index contributed by atoms with van der Waals surface area (Å²) in [6, 6.07) is 3.92. The van der Waals surface area contributed by atoms with E-state index in [-0.39, 0.29) is 5.56 Å². The van der Waals surface area contributed by atoms with E-state index in [1.165, 1.54) is 28.6 Å². The molecule has 4 heterocycles. The van der Waals surface area contributed by atoms with Gasteiger partial charge in [0, 0.05) is 11.9 Å². The molecule has 6 nitrogen and oxygen atoms in total. The Morgan fingerprint density at radius 1 is 1.30 bits per heavy atom. The first kappa shape index (κ1) is 17.2. The maximum atomic E-state index is 12.9. The first-order valence-corrected chi connectivity index (χ1v) is 11.4. The van der Waals surface area contributed by atoms with Crippen LogP contribution in [0, 0.1) is 0 Å². The van der Waals surface area contributed by atoms with E-state index in [2.05, 4.69) is 10.1 Å². The van der Waals surface area contributed by atoms with Gasteiger partial charge in [0.2, 0.25) is 11.7 Å². The summed E-state index contributed by atoms with van der Waals surface area (Å²) in [5.41, 5.74) is 1.27. The van der Waals surface area contributed by atoms with Gasteiger partial charge in [0.1, 0.15) is 4.83 Å². The Bertz CT molecular complexity index is 1170. The van der Waals surface area contributed by atoms with Gasteiger partial charge in [0.25, 0.3) is 5.56 Å². The molecule has 0 saturated heterocycles. The average molecular weight is 417 g/mol. The summed E-state index contributed by atoms with van der Waals surface area (Å²) in [6.45, 7) is 0. The van der Waals surface area contributed by atoms with Crippen LogP contribution in [0.3, 0.4) is 0 Å². The molecule has 0 unspecified atom stereocenters. The Labute approximate surface area is 167 Å². The Hall–Kier alpha value is -1.97. The van der Waals surface area contributed by atoms with Crippen molar-refractivity contribution in [1.82, 2.24) is 19.7 Å². The molecule has 4 aromatic heterocycles. The molecule has 1 aliphatic rings. The van der Waals surface area contributed by atoms with Crippen LogP contribution < -0.4 is 5.56 Å². The molecule has 0 atom stereocenters. The molecule has 0 amide bonds. The Kier molecular flexibility index (Phi) is 4.37. The first-order valence-electron chi connectivity index (χ1n) is 8.71. The van der Waals surface area contributed by atoms with Crippen molar-refractivity contribution in [3.05, 3.63) is 44.2 Å². The number of fused-ring (bicyclic) bond motifs is 3. The minimum Gasteiger partial charge on any atom is -0.338 e. The zero-order chi connectivity index (χ0) is 18.4. The lowest BCUT2D eigenvalue weighted by Crippen LogP contribution is -2.20. The van der Waals surface area contributed by atoms with Gasteiger partial charge >= 0.3 is 0 Å².